The van der Waals surface area contributed by atoms with Gasteiger partial charge in [-0.05, 0) is 47.7 Å². The molecule has 0 radical (unpaired) electrons. The molecule has 2 aromatic rings. The number of nitrogens with zero attached hydrogens (tertiary/aromatic N) is 2. The SMILES string of the molecule is CCCn1ncc(Br)c1C(N)CCc1cccc(C)c1. The highest BCUT2D eigenvalue weighted by Crippen LogP contribution is 2.25. The normalized spacial score (nSPS) is 12.6. The van der Waals surface area contributed by atoms with Crippen molar-refractivity contribution in [3.05, 3.63) is 51.8 Å². The summed E-state index contributed by atoms with van der Waals surface area (Å²) < 4.78 is 3.04. The minimum atomic E-state index is 0.0129. The first-order valence-corrected chi connectivity index (χ1v) is 7.93. The second-order valence-corrected chi connectivity index (χ2v) is 6.09. The zero-order valence-electron chi connectivity index (χ0n) is 12.1. The molecule has 2 N–H and O–H groups in total. The van der Waals surface area contributed by atoms with Crippen molar-refractivity contribution in [1.82, 2.24) is 9.78 Å². The Morgan fingerprint density at radius 1 is 1.40 bits per heavy atom. The molecule has 0 spiro atoms. The third-order valence-electron chi connectivity index (χ3n) is 3.45. The summed E-state index contributed by atoms with van der Waals surface area (Å²) in [6, 6.07) is 8.63. The van der Waals surface area contributed by atoms with Crippen molar-refractivity contribution in [3.63, 3.8) is 0 Å². The van der Waals surface area contributed by atoms with Gasteiger partial charge in [0.1, 0.15) is 0 Å². The van der Waals surface area contributed by atoms with Gasteiger partial charge in [0.15, 0.2) is 0 Å². The molecule has 1 heterocycles. The highest BCUT2D eigenvalue weighted by atomic mass is 79.9. The van der Waals surface area contributed by atoms with Gasteiger partial charge >= 0.3 is 0 Å². The second-order valence-electron chi connectivity index (χ2n) is 5.24. The van der Waals surface area contributed by atoms with Crippen LogP contribution in [0.3, 0.4) is 0 Å². The molecule has 3 nitrogen and oxygen atoms in total. The van der Waals surface area contributed by atoms with Gasteiger partial charge in [-0.15, -0.1) is 0 Å². The van der Waals surface area contributed by atoms with Gasteiger partial charge in [-0.3, -0.25) is 4.68 Å². The van der Waals surface area contributed by atoms with Crippen LogP contribution in [0, 0.1) is 6.92 Å². The minimum absolute atomic E-state index is 0.0129. The van der Waals surface area contributed by atoms with E-state index >= 15 is 0 Å². The lowest BCUT2D eigenvalue weighted by Crippen LogP contribution is -2.17. The van der Waals surface area contributed by atoms with E-state index < -0.39 is 0 Å². The highest BCUT2D eigenvalue weighted by molar-refractivity contribution is 9.10. The maximum atomic E-state index is 6.37. The van der Waals surface area contributed by atoms with Crippen molar-refractivity contribution < 1.29 is 0 Å². The molecule has 0 aliphatic heterocycles. The zero-order chi connectivity index (χ0) is 14.5. The van der Waals surface area contributed by atoms with Crippen molar-refractivity contribution in [1.29, 1.82) is 0 Å². The zero-order valence-corrected chi connectivity index (χ0v) is 13.7. The molecule has 108 valence electrons. The molecule has 1 unspecified atom stereocenters. The average Bonchev–Trinajstić information content (AvgIpc) is 2.78. The van der Waals surface area contributed by atoms with Crippen molar-refractivity contribution in [2.75, 3.05) is 0 Å². The van der Waals surface area contributed by atoms with Gasteiger partial charge < -0.3 is 5.73 Å². The van der Waals surface area contributed by atoms with Gasteiger partial charge in [0.05, 0.1) is 16.4 Å². The van der Waals surface area contributed by atoms with E-state index in [4.69, 9.17) is 5.73 Å². The van der Waals surface area contributed by atoms with Gasteiger partial charge in [-0.1, -0.05) is 36.8 Å². The van der Waals surface area contributed by atoms with E-state index in [1.807, 2.05) is 10.9 Å². The number of rotatable bonds is 6. The predicted molar refractivity (Wildman–Crippen MR) is 86.6 cm³/mol. The van der Waals surface area contributed by atoms with E-state index in [9.17, 15) is 0 Å². The fourth-order valence-electron chi connectivity index (χ4n) is 2.46. The molecule has 0 saturated carbocycles. The van der Waals surface area contributed by atoms with Crippen LogP contribution >= 0.6 is 15.9 Å². The fraction of sp³-hybridized carbons (Fsp3) is 0.438. The number of hydrogen-bond acceptors (Lipinski definition) is 2. The fourth-order valence-corrected chi connectivity index (χ4v) is 3.05. The Balaban J connectivity index is 2.05. The van der Waals surface area contributed by atoms with Crippen LogP contribution in [0.4, 0.5) is 0 Å². The monoisotopic (exact) mass is 335 g/mol. The Hall–Kier alpha value is -1.13. The lowest BCUT2D eigenvalue weighted by molar-refractivity contribution is 0.521. The van der Waals surface area contributed by atoms with E-state index in [1.165, 1.54) is 11.1 Å². The van der Waals surface area contributed by atoms with Crippen LogP contribution in [0.2, 0.25) is 0 Å². The van der Waals surface area contributed by atoms with Crippen LogP contribution in [0.15, 0.2) is 34.9 Å². The van der Waals surface area contributed by atoms with Crippen LogP contribution in [-0.2, 0) is 13.0 Å². The minimum Gasteiger partial charge on any atom is -0.323 e. The standard InChI is InChI=1S/C16H22BrN3/c1-3-9-20-16(14(17)11-19-20)15(18)8-7-13-6-4-5-12(2)10-13/h4-6,10-11,15H,3,7-9,18H2,1-2H3. The Morgan fingerprint density at radius 3 is 2.90 bits per heavy atom. The lowest BCUT2D eigenvalue weighted by Gasteiger charge is -2.15. The highest BCUT2D eigenvalue weighted by Gasteiger charge is 2.16. The van der Waals surface area contributed by atoms with E-state index in [1.54, 1.807) is 0 Å². The molecule has 20 heavy (non-hydrogen) atoms. The van der Waals surface area contributed by atoms with E-state index in [2.05, 4.69) is 59.1 Å². The van der Waals surface area contributed by atoms with Crippen LogP contribution < -0.4 is 5.73 Å². The van der Waals surface area contributed by atoms with E-state index in [0.717, 1.165) is 36.0 Å². The molecule has 0 aliphatic rings. The molecule has 0 bridgehead atoms. The Morgan fingerprint density at radius 2 is 2.20 bits per heavy atom. The Bertz CT molecular complexity index is 563. The summed E-state index contributed by atoms with van der Waals surface area (Å²) in [6.07, 6.45) is 4.83. The largest absolute Gasteiger partial charge is 0.323 e. The van der Waals surface area contributed by atoms with Crippen molar-refractivity contribution in [2.45, 2.75) is 45.7 Å². The molecule has 1 aromatic heterocycles. The Kier molecular flexibility index (Phi) is 5.38. The van der Waals surface area contributed by atoms with Crippen LogP contribution in [0.1, 0.15) is 42.6 Å². The summed E-state index contributed by atoms with van der Waals surface area (Å²) in [5, 5.41) is 4.39. The number of nitrogens with two attached hydrogens (primary N) is 1. The molecule has 0 fully saturated rings. The van der Waals surface area contributed by atoms with Gasteiger partial charge in [-0.25, -0.2) is 0 Å². The van der Waals surface area contributed by atoms with Gasteiger partial charge in [-0.2, -0.15) is 5.10 Å². The first-order valence-electron chi connectivity index (χ1n) is 7.14. The third-order valence-corrected chi connectivity index (χ3v) is 4.06. The molecule has 0 aliphatic carbocycles. The molecule has 1 atom stereocenters. The lowest BCUT2D eigenvalue weighted by atomic mass is 10.0. The summed E-state index contributed by atoms with van der Waals surface area (Å²) >= 11 is 3.56. The predicted octanol–water partition coefficient (Wildman–Crippen LogP) is 4.00. The van der Waals surface area contributed by atoms with E-state index in [-0.39, 0.29) is 6.04 Å². The van der Waals surface area contributed by atoms with Crippen LogP contribution in [-0.4, -0.2) is 9.78 Å². The average molecular weight is 336 g/mol. The molecule has 2 rings (SSSR count). The van der Waals surface area contributed by atoms with Crippen LogP contribution in [0.5, 0.6) is 0 Å². The van der Waals surface area contributed by atoms with Gasteiger partial charge in [0.25, 0.3) is 0 Å². The molecular formula is C16H22BrN3. The smallest absolute Gasteiger partial charge is 0.0693 e. The molecule has 1 aromatic carbocycles. The number of benzene rings is 1. The summed E-state index contributed by atoms with van der Waals surface area (Å²) in [5.41, 5.74) is 10.1. The first-order chi connectivity index (χ1) is 9.61. The van der Waals surface area contributed by atoms with E-state index in [0.29, 0.717) is 0 Å². The second kappa shape index (κ2) is 7.04. The van der Waals surface area contributed by atoms with Crippen molar-refractivity contribution in [2.24, 2.45) is 5.73 Å². The summed E-state index contributed by atoms with van der Waals surface area (Å²) in [4.78, 5) is 0. The van der Waals surface area contributed by atoms with Crippen molar-refractivity contribution in [3.8, 4) is 0 Å². The third kappa shape index (κ3) is 3.70. The van der Waals surface area contributed by atoms with Crippen molar-refractivity contribution >= 4 is 15.9 Å². The number of halogens is 1. The number of aromatic nitrogens is 2. The first kappa shape index (κ1) is 15.3. The topological polar surface area (TPSA) is 43.8 Å². The summed E-state index contributed by atoms with van der Waals surface area (Å²) in [7, 11) is 0. The summed E-state index contributed by atoms with van der Waals surface area (Å²) in [5.74, 6) is 0. The molecular weight excluding hydrogens is 314 g/mol. The molecule has 4 heteroatoms. The Labute approximate surface area is 129 Å². The quantitative estimate of drug-likeness (QED) is 0.867. The molecule has 0 saturated heterocycles. The number of aryl methyl sites for hydroxylation is 3. The van der Waals surface area contributed by atoms with Gasteiger partial charge in [0, 0.05) is 12.6 Å². The molecule has 0 amide bonds. The summed E-state index contributed by atoms with van der Waals surface area (Å²) in [6.45, 7) is 5.19. The maximum Gasteiger partial charge on any atom is 0.0693 e. The maximum absolute atomic E-state index is 6.37. The number of hydrogen-bond donors (Lipinski definition) is 1. The van der Waals surface area contributed by atoms with Crippen LogP contribution in [0.25, 0.3) is 0 Å². The van der Waals surface area contributed by atoms with Gasteiger partial charge in [0.2, 0.25) is 0 Å².